The van der Waals surface area contributed by atoms with E-state index in [1.54, 1.807) is 33.2 Å². The minimum Gasteiger partial charge on any atom is -0.465 e. The number of anilines is 2. The van der Waals surface area contributed by atoms with Gasteiger partial charge in [-0.3, -0.25) is 10.1 Å². The van der Waals surface area contributed by atoms with E-state index < -0.39 is 5.97 Å². The molecule has 0 radical (unpaired) electrons. The van der Waals surface area contributed by atoms with Crippen molar-refractivity contribution in [3.63, 3.8) is 0 Å². The van der Waals surface area contributed by atoms with E-state index in [-0.39, 0.29) is 28.3 Å². The lowest BCUT2D eigenvalue weighted by Gasteiger charge is -2.08. The van der Waals surface area contributed by atoms with Crippen LogP contribution in [0.4, 0.5) is 15.3 Å². The van der Waals surface area contributed by atoms with Crippen molar-refractivity contribution >= 4 is 51.5 Å². The Balaban J connectivity index is 1.75. The SMILES string of the molecule is COC(=O)c1c(NC(=S)Nc2ncn(Cc3cccc(F)c3)n2)sc(C(=O)N(C)C)c1C. The van der Waals surface area contributed by atoms with Gasteiger partial charge in [0.15, 0.2) is 5.11 Å². The van der Waals surface area contributed by atoms with Crippen LogP contribution in [0.2, 0.25) is 0 Å². The molecule has 0 unspecified atom stereocenters. The van der Waals surface area contributed by atoms with Gasteiger partial charge in [-0.05, 0) is 42.4 Å². The van der Waals surface area contributed by atoms with Gasteiger partial charge < -0.3 is 15.0 Å². The molecule has 32 heavy (non-hydrogen) atoms. The monoisotopic (exact) mass is 476 g/mol. The van der Waals surface area contributed by atoms with Gasteiger partial charge in [0, 0.05) is 14.1 Å². The molecule has 0 spiro atoms. The Morgan fingerprint density at radius 2 is 2.06 bits per heavy atom. The zero-order chi connectivity index (χ0) is 23.4. The number of nitrogens with zero attached hydrogens (tertiary/aromatic N) is 4. The van der Waals surface area contributed by atoms with E-state index in [1.165, 1.54) is 35.2 Å². The number of thiophene rings is 1. The van der Waals surface area contributed by atoms with Crippen LogP contribution in [0.15, 0.2) is 30.6 Å². The fourth-order valence-electron chi connectivity index (χ4n) is 2.84. The quantitative estimate of drug-likeness (QED) is 0.413. The van der Waals surface area contributed by atoms with Gasteiger partial charge in [-0.2, -0.15) is 0 Å². The van der Waals surface area contributed by atoms with Crippen molar-refractivity contribution in [2.24, 2.45) is 0 Å². The molecule has 3 aromatic rings. The summed E-state index contributed by atoms with van der Waals surface area (Å²) in [6, 6.07) is 6.19. The third kappa shape index (κ3) is 5.26. The Morgan fingerprint density at radius 3 is 2.72 bits per heavy atom. The molecule has 0 saturated heterocycles. The van der Waals surface area contributed by atoms with Crippen LogP contribution in [-0.4, -0.2) is 57.9 Å². The fraction of sp³-hybridized carbons (Fsp3) is 0.250. The molecule has 0 aliphatic heterocycles. The molecule has 0 atom stereocenters. The lowest BCUT2D eigenvalue weighted by atomic mass is 10.1. The second-order valence-corrected chi connectivity index (χ2v) is 8.36. The van der Waals surface area contributed by atoms with E-state index in [1.807, 2.05) is 0 Å². The highest BCUT2D eigenvalue weighted by atomic mass is 32.1. The molecular weight excluding hydrogens is 455 g/mol. The van der Waals surface area contributed by atoms with E-state index in [2.05, 4.69) is 20.7 Å². The maximum Gasteiger partial charge on any atom is 0.341 e. The van der Waals surface area contributed by atoms with Crippen LogP contribution >= 0.6 is 23.6 Å². The largest absolute Gasteiger partial charge is 0.465 e. The number of carbonyl (C=O) groups excluding carboxylic acids is 2. The summed E-state index contributed by atoms with van der Waals surface area (Å²) >= 11 is 6.43. The lowest BCUT2D eigenvalue weighted by Crippen LogP contribution is -2.21. The molecule has 1 aromatic carbocycles. The van der Waals surface area contributed by atoms with Crippen LogP contribution < -0.4 is 10.6 Å². The normalized spacial score (nSPS) is 10.5. The summed E-state index contributed by atoms with van der Waals surface area (Å²) in [6.45, 7) is 2.01. The molecule has 0 saturated carbocycles. The first-order valence-corrected chi connectivity index (χ1v) is 10.6. The van der Waals surface area contributed by atoms with Crippen molar-refractivity contribution in [1.29, 1.82) is 0 Å². The fourth-order valence-corrected chi connectivity index (χ4v) is 4.32. The van der Waals surface area contributed by atoms with E-state index in [0.29, 0.717) is 22.0 Å². The predicted molar refractivity (Wildman–Crippen MR) is 124 cm³/mol. The summed E-state index contributed by atoms with van der Waals surface area (Å²) in [5.74, 6) is -0.927. The molecule has 2 heterocycles. The average molecular weight is 477 g/mol. The summed E-state index contributed by atoms with van der Waals surface area (Å²) in [6.07, 6.45) is 1.48. The van der Waals surface area contributed by atoms with E-state index >= 15 is 0 Å². The van der Waals surface area contributed by atoms with Crippen molar-refractivity contribution in [2.75, 3.05) is 31.8 Å². The second-order valence-electron chi connectivity index (χ2n) is 6.93. The number of nitrogens with one attached hydrogen (secondary N) is 2. The Bertz CT molecular complexity index is 1170. The van der Waals surface area contributed by atoms with Gasteiger partial charge in [0.05, 0.1) is 24.1 Å². The number of hydrogen-bond acceptors (Lipinski definition) is 7. The molecule has 2 aromatic heterocycles. The van der Waals surface area contributed by atoms with Gasteiger partial charge in [-0.25, -0.2) is 18.9 Å². The van der Waals surface area contributed by atoms with Gasteiger partial charge in [0.2, 0.25) is 5.95 Å². The Kier molecular flexibility index (Phi) is 7.15. The third-order valence-electron chi connectivity index (χ3n) is 4.36. The first kappa shape index (κ1) is 23.3. The Morgan fingerprint density at radius 1 is 1.31 bits per heavy atom. The van der Waals surface area contributed by atoms with Crippen LogP contribution in [0.25, 0.3) is 0 Å². The van der Waals surface area contributed by atoms with Crippen molar-refractivity contribution in [2.45, 2.75) is 13.5 Å². The molecule has 0 fully saturated rings. The van der Waals surface area contributed by atoms with Crippen molar-refractivity contribution < 1.29 is 18.7 Å². The minimum atomic E-state index is -0.584. The summed E-state index contributed by atoms with van der Waals surface area (Å²) in [5.41, 5.74) is 1.47. The molecule has 168 valence electrons. The van der Waals surface area contributed by atoms with Crippen molar-refractivity contribution in [1.82, 2.24) is 19.7 Å². The highest BCUT2D eigenvalue weighted by molar-refractivity contribution is 7.80. The molecule has 0 aliphatic rings. The topological polar surface area (TPSA) is 101 Å². The summed E-state index contributed by atoms with van der Waals surface area (Å²) in [4.78, 5) is 30.7. The highest BCUT2D eigenvalue weighted by Crippen LogP contribution is 2.34. The third-order valence-corrected chi connectivity index (χ3v) is 5.76. The van der Waals surface area contributed by atoms with Gasteiger partial charge in [0.1, 0.15) is 17.1 Å². The number of methoxy groups -OCH3 is 1. The number of amides is 1. The summed E-state index contributed by atoms with van der Waals surface area (Å²) < 4.78 is 19.7. The van der Waals surface area contributed by atoms with Crippen LogP contribution in [0, 0.1) is 12.7 Å². The molecule has 3 rings (SSSR count). The molecule has 1 amide bonds. The van der Waals surface area contributed by atoms with Gasteiger partial charge >= 0.3 is 5.97 Å². The summed E-state index contributed by atoms with van der Waals surface area (Å²) in [7, 11) is 4.53. The predicted octanol–water partition coefficient (Wildman–Crippen LogP) is 3.13. The number of rotatable bonds is 6. The number of esters is 1. The van der Waals surface area contributed by atoms with Gasteiger partial charge in [-0.1, -0.05) is 12.1 Å². The number of aromatic nitrogens is 3. The number of ether oxygens (including phenoxy) is 1. The lowest BCUT2D eigenvalue weighted by molar-refractivity contribution is 0.0601. The highest BCUT2D eigenvalue weighted by Gasteiger charge is 2.26. The maximum absolute atomic E-state index is 13.4. The molecule has 2 N–H and O–H groups in total. The Labute approximate surface area is 193 Å². The van der Waals surface area contributed by atoms with Crippen molar-refractivity contribution in [3.8, 4) is 0 Å². The van der Waals surface area contributed by atoms with Crippen LogP contribution in [0.1, 0.15) is 31.2 Å². The number of hydrogen-bond donors (Lipinski definition) is 2. The van der Waals surface area contributed by atoms with Gasteiger partial charge in [-0.15, -0.1) is 16.4 Å². The molecule has 12 heteroatoms. The van der Waals surface area contributed by atoms with Crippen LogP contribution in [0.3, 0.4) is 0 Å². The van der Waals surface area contributed by atoms with E-state index in [0.717, 1.165) is 16.9 Å². The molecular formula is C20H21FN6O3S2. The zero-order valence-electron chi connectivity index (χ0n) is 17.8. The number of carbonyl (C=O) groups is 2. The smallest absolute Gasteiger partial charge is 0.341 e. The van der Waals surface area contributed by atoms with Crippen LogP contribution in [0.5, 0.6) is 0 Å². The molecule has 9 nitrogen and oxygen atoms in total. The van der Waals surface area contributed by atoms with Crippen molar-refractivity contribution in [3.05, 3.63) is 58.0 Å². The Hall–Kier alpha value is -3.38. The number of halogens is 1. The second kappa shape index (κ2) is 9.83. The van der Waals surface area contributed by atoms with Gasteiger partial charge in [0.25, 0.3) is 5.91 Å². The summed E-state index contributed by atoms with van der Waals surface area (Å²) in [5, 5.41) is 10.5. The maximum atomic E-state index is 13.4. The minimum absolute atomic E-state index is 0.128. The van der Waals surface area contributed by atoms with E-state index in [9.17, 15) is 14.0 Å². The first-order chi connectivity index (χ1) is 15.2. The number of thiocarbonyl (C=S) groups is 1. The number of benzene rings is 1. The molecule has 0 aliphatic carbocycles. The average Bonchev–Trinajstić information content (AvgIpc) is 3.30. The molecule has 0 bridgehead atoms. The standard InChI is InChI=1S/C20H21FN6O3S2/c1-11-14(18(29)30-4)16(32-15(11)17(28)26(2)3)23-20(31)24-19-22-10-27(25-19)9-12-6-5-7-13(21)8-12/h5-8,10H,9H2,1-4H3,(H2,23,24,25,31). The zero-order valence-corrected chi connectivity index (χ0v) is 19.4. The van der Waals surface area contributed by atoms with E-state index in [4.69, 9.17) is 17.0 Å². The van der Waals surface area contributed by atoms with Crippen LogP contribution in [-0.2, 0) is 11.3 Å². The first-order valence-electron chi connectivity index (χ1n) is 9.34.